The molecule has 1 aromatic rings. The highest BCUT2D eigenvalue weighted by Gasteiger charge is 2.19. The van der Waals surface area contributed by atoms with Gasteiger partial charge in [-0.3, -0.25) is 10.2 Å². The first kappa shape index (κ1) is 13.1. The zero-order valence-corrected chi connectivity index (χ0v) is 10.7. The van der Waals surface area contributed by atoms with Crippen molar-refractivity contribution in [3.63, 3.8) is 0 Å². The lowest BCUT2D eigenvalue weighted by Gasteiger charge is -2.11. The molecule has 2 rings (SSSR count). The zero-order chi connectivity index (χ0) is 12.8. The number of carbonyl (C=O) groups excluding carboxylic acids is 1. The van der Waals surface area contributed by atoms with Crippen LogP contribution in [0, 0.1) is 0 Å². The van der Waals surface area contributed by atoms with Crippen molar-refractivity contribution in [2.75, 3.05) is 0 Å². The van der Waals surface area contributed by atoms with Gasteiger partial charge in [-0.1, -0.05) is 38.5 Å². The lowest BCUT2D eigenvalue weighted by molar-refractivity contribution is 0.0916. The summed E-state index contributed by atoms with van der Waals surface area (Å²) in [5.41, 5.74) is 2.03. The Hall–Kier alpha value is -1.36. The minimum atomic E-state index is -0.468. The van der Waals surface area contributed by atoms with Crippen LogP contribution < -0.4 is 11.3 Å². The predicted octanol–water partition coefficient (Wildman–Crippen LogP) is 2.50. The summed E-state index contributed by atoms with van der Waals surface area (Å²) in [6, 6.07) is 0. The SMILES string of the molecule is NNC(=O)c1ncc(C2CCCCCCCC2)o1. The molecule has 18 heavy (non-hydrogen) atoms. The molecule has 0 spiro atoms. The van der Waals surface area contributed by atoms with Crippen molar-refractivity contribution in [3.05, 3.63) is 17.8 Å². The number of hydrogen-bond acceptors (Lipinski definition) is 4. The number of aromatic nitrogens is 1. The molecular weight excluding hydrogens is 230 g/mol. The largest absolute Gasteiger partial charge is 0.437 e. The maximum atomic E-state index is 11.3. The molecule has 0 aliphatic heterocycles. The molecule has 0 saturated heterocycles. The number of hydrogen-bond donors (Lipinski definition) is 2. The summed E-state index contributed by atoms with van der Waals surface area (Å²) in [4.78, 5) is 15.3. The second-order valence-corrected chi connectivity index (χ2v) is 4.94. The van der Waals surface area contributed by atoms with E-state index in [1.165, 1.54) is 38.5 Å². The number of amides is 1. The first-order chi connectivity index (χ1) is 8.81. The van der Waals surface area contributed by atoms with Crippen molar-refractivity contribution < 1.29 is 9.21 Å². The lowest BCUT2D eigenvalue weighted by atomic mass is 9.95. The Balaban J connectivity index is 2.03. The van der Waals surface area contributed by atoms with E-state index in [1.807, 2.05) is 5.43 Å². The summed E-state index contributed by atoms with van der Waals surface area (Å²) >= 11 is 0. The maximum Gasteiger partial charge on any atom is 0.320 e. The van der Waals surface area contributed by atoms with Crippen LogP contribution in [0.4, 0.5) is 0 Å². The molecule has 5 heteroatoms. The molecule has 0 unspecified atom stereocenters. The van der Waals surface area contributed by atoms with Crippen LogP contribution >= 0.6 is 0 Å². The second-order valence-electron chi connectivity index (χ2n) is 4.94. The van der Waals surface area contributed by atoms with Gasteiger partial charge in [0.2, 0.25) is 0 Å². The zero-order valence-electron chi connectivity index (χ0n) is 10.7. The molecule has 3 N–H and O–H groups in total. The number of nitrogens with one attached hydrogen (secondary N) is 1. The predicted molar refractivity (Wildman–Crippen MR) is 67.8 cm³/mol. The van der Waals surface area contributed by atoms with Crippen molar-refractivity contribution in [1.82, 2.24) is 10.4 Å². The second kappa shape index (κ2) is 6.54. The Bertz CT molecular complexity index is 379. The number of hydrazine groups is 1. The Morgan fingerprint density at radius 3 is 2.44 bits per heavy atom. The van der Waals surface area contributed by atoms with Gasteiger partial charge in [0.1, 0.15) is 5.76 Å². The Kier molecular flexibility index (Phi) is 4.75. The van der Waals surface area contributed by atoms with Crippen LogP contribution in [-0.4, -0.2) is 10.9 Å². The van der Waals surface area contributed by atoms with Gasteiger partial charge >= 0.3 is 5.91 Å². The summed E-state index contributed by atoms with van der Waals surface area (Å²) in [5.74, 6) is 5.88. The molecule has 0 radical (unpaired) electrons. The number of nitrogens with zero attached hydrogens (tertiary/aromatic N) is 1. The van der Waals surface area contributed by atoms with Crippen LogP contribution in [-0.2, 0) is 0 Å². The maximum absolute atomic E-state index is 11.3. The number of nitrogens with two attached hydrogens (primary N) is 1. The number of rotatable bonds is 2. The first-order valence-corrected chi connectivity index (χ1v) is 6.78. The van der Waals surface area contributed by atoms with Gasteiger partial charge in [-0.2, -0.15) is 0 Å². The van der Waals surface area contributed by atoms with Crippen LogP contribution in [0.2, 0.25) is 0 Å². The molecule has 1 saturated carbocycles. The summed E-state index contributed by atoms with van der Waals surface area (Å²) in [6.45, 7) is 0. The fourth-order valence-corrected chi connectivity index (χ4v) is 2.56. The number of nitrogen functional groups attached to an aromatic ring is 1. The van der Waals surface area contributed by atoms with Crippen LogP contribution in [0.25, 0.3) is 0 Å². The van der Waals surface area contributed by atoms with Crippen molar-refractivity contribution in [2.24, 2.45) is 5.84 Å². The minimum absolute atomic E-state index is 0.0624. The van der Waals surface area contributed by atoms with Crippen molar-refractivity contribution in [1.29, 1.82) is 0 Å². The van der Waals surface area contributed by atoms with E-state index < -0.39 is 5.91 Å². The Labute approximate surface area is 107 Å². The van der Waals surface area contributed by atoms with E-state index >= 15 is 0 Å². The molecule has 1 fully saturated rings. The highest BCUT2D eigenvalue weighted by molar-refractivity contribution is 5.88. The van der Waals surface area contributed by atoms with Gasteiger partial charge in [0.25, 0.3) is 5.89 Å². The van der Waals surface area contributed by atoms with Crippen molar-refractivity contribution in [2.45, 2.75) is 57.3 Å². The number of carbonyl (C=O) groups is 1. The third kappa shape index (κ3) is 3.32. The average molecular weight is 251 g/mol. The van der Waals surface area contributed by atoms with Crippen molar-refractivity contribution in [3.8, 4) is 0 Å². The van der Waals surface area contributed by atoms with Gasteiger partial charge < -0.3 is 4.42 Å². The van der Waals surface area contributed by atoms with Gasteiger partial charge in [-0.25, -0.2) is 10.8 Å². The lowest BCUT2D eigenvalue weighted by Crippen LogP contribution is -2.30. The number of oxazole rings is 1. The van der Waals surface area contributed by atoms with E-state index in [9.17, 15) is 4.79 Å². The third-order valence-electron chi connectivity index (χ3n) is 3.61. The molecule has 100 valence electrons. The topological polar surface area (TPSA) is 81.1 Å². The fourth-order valence-electron chi connectivity index (χ4n) is 2.56. The molecule has 1 aromatic heterocycles. The van der Waals surface area contributed by atoms with E-state index in [4.69, 9.17) is 10.3 Å². The van der Waals surface area contributed by atoms with Gasteiger partial charge in [0.15, 0.2) is 0 Å². The van der Waals surface area contributed by atoms with E-state index in [1.54, 1.807) is 6.20 Å². The smallest absolute Gasteiger partial charge is 0.320 e. The highest BCUT2D eigenvalue weighted by Crippen LogP contribution is 2.30. The average Bonchev–Trinajstić information content (AvgIpc) is 2.91. The molecule has 0 aromatic carbocycles. The van der Waals surface area contributed by atoms with Gasteiger partial charge in [-0.05, 0) is 12.8 Å². The molecule has 1 aliphatic carbocycles. The van der Waals surface area contributed by atoms with Gasteiger partial charge in [-0.15, -0.1) is 0 Å². The van der Waals surface area contributed by atoms with Crippen LogP contribution in [0.3, 0.4) is 0 Å². The van der Waals surface area contributed by atoms with Crippen LogP contribution in [0.1, 0.15) is 73.7 Å². The van der Waals surface area contributed by atoms with Crippen molar-refractivity contribution >= 4 is 5.91 Å². The monoisotopic (exact) mass is 251 g/mol. The Morgan fingerprint density at radius 2 is 1.83 bits per heavy atom. The molecule has 1 aliphatic rings. The highest BCUT2D eigenvalue weighted by atomic mass is 16.4. The molecule has 1 heterocycles. The first-order valence-electron chi connectivity index (χ1n) is 6.78. The normalized spacial score (nSPS) is 18.7. The molecule has 0 atom stereocenters. The molecule has 1 amide bonds. The van der Waals surface area contributed by atoms with Crippen LogP contribution in [0.15, 0.2) is 10.6 Å². The van der Waals surface area contributed by atoms with E-state index in [0.29, 0.717) is 5.92 Å². The molecule has 0 bridgehead atoms. The van der Waals surface area contributed by atoms with E-state index in [2.05, 4.69) is 4.98 Å². The van der Waals surface area contributed by atoms with E-state index in [-0.39, 0.29) is 5.89 Å². The standard InChI is InChI=1S/C13H21N3O2/c14-16-12(17)13-15-9-11(18-13)10-7-5-3-1-2-4-6-8-10/h9-10H,1-8,14H2,(H,16,17). The summed E-state index contributed by atoms with van der Waals surface area (Å²) in [6.07, 6.45) is 11.6. The van der Waals surface area contributed by atoms with Gasteiger partial charge in [0.05, 0.1) is 6.20 Å². The fraction of sp³-hybridized carbons (Fsp3) is 0.692. The molecule has 5 nitrogen and oxygen atoms in total. The molecular formula is C13H21N3O2. The van der Waals surface area contributed by atoms with E-state index in [0.717, 1.165) is 18.6 Å². The summed E-state index contributed by atoms with van der Waals surface area (Å²) in [7, 11) is 0. The summed E-state index contributed by atoms with van der Waals surface area (Å²) in [5, 5.41) is 0. The summed E-state index contributed by atoms with van der Waals surface area (Å²) < 4.78 is 5.51. The van der Waals surface area contributed by atoms with Crippen LogP contribution in [0.5, 0.6) is 0 Å². The minimum Gasteiger partial charge on any atom is -0.437 e. The van der Waals surface area contributed by atoms with Gasteiger partial charge in [0, 0.05) is 5.92 Å². The third-order valence-corrected chi connectivity index (χ3v) is 3.61. The quantitative estimate of drug-likeness (QED) is 0.480. The Morgan fingerprint density at radius 1 is 1.22 bits per heavy atom.